The highest BCUT2D eigenvalue weighted by molar-refractivity contribution is 7.89. The first-order valence-electron chi connectivity index (χ1n) is 14.0. The first-order valence-corrected chi connectivity index (χ1v) is 15.5. The third kappa shape index (κ3) is 6.76. The fourth-order valence-corrected chi connectivity index (χ4v) is 6.48. The number of aromatic carboxylic acids is 1. The number of ether oxygens (including phenoxy) is 1. The number of halogens is 8. The topological polar surface area (TPSA) is 104 Å². The van der Waals surface area contributed by atoms with Gasteiger partial charge in [-0.05, 0) is 61.9 Å². The molecule has 0 aliphatic heterocycles. The molecule has 252 valence electrons. The number of rotatable bonds is 11. The van der Waals surface area contributed by atoms with Gasteiger partial charge in [-0.1, -0.05) is 18.2 Å². The molecule has 1 amide bonds. The highest BCUT2D eigenvalue weighted by Gasteiger charge is 2.42. The lowest BCUT2D eigenvalue weighted by Gasteiger charge is -2.39. The lowest BCUT2D eigenvalue weighted by atomic mass is 9.90. The molecule has 2 aliphatic rings. The molecule has 47 heavy (non-hydrogen) atoms. The van der Waals surface area contributed by atoms with Crippen molar-refractivity contribution in [3.8, 4) is 5.75 Å². The maximum Gasteiger partial charge on any atom is 0.416 e. The molecule has 0 unspecified atom stereocenters. The van der Waals surface area contributed by atoms with E-state index in [0.29, 0.717) is 38.2 Å². The molecule has 2 fully saturated rings. The SMILES string of the molecule is O=C(O)c1ccc(N(C(=O)CN(Cc2ccccc2C(F)(F)F)S(=O)(=O)c2c(F)c(F)c(F)c(F)c2F)C2CCC2)c(OC2CC2)c1. The number of carbonyl (C=O) groups is 2. The van der Waals surface area contributed by atoms with Gasteiger partial charge in [0.25, 0.3) is 0 Å². The van der Waals surface area contributed by atoms with Gasteiger partial charge in [0.15, 0.2) is 28.2 Å². The molecule has 8 nitrogen and oxygen atoms in total. The summed E-state index contributed by atoms with van der Waals surface area (Å²) in [4.78, 5) is 24.3. The van der Waals surface area contributed by atoms with Crippen LogP contribution in [0.15, 0.2) is 47.4 Å². The Morgan fingerprint density at radius 2 is 1.47 bits per heavy atom. The van der Waals surface area contributed by atoms with E-state index in [1.165, 1.54) is 6.07 Å². The molecule has 0 bridgehead atoms. The van der Waals surface area contributed by atoms with Crippen molar-refractivity contribution in [3.63, 3.8) is 0 Å². The second-order valence-electron chi connectivity index (χ2n) is 11.0. The zero-order valence-corrected chi connectivity index (χ0v) is 24.8. The summed E-state index contributed by atoms with van der Waals surface area (Å²) in [5, 5.41) is 9.47. The number of sulfonamides is 1. The maximum absolute atomic E-state index is 14.8. The largest absolute Gasteiger partial charge is 0.488 e. The van der Waals surface area contributed by atoms with Crippen LogP contribution in [0.25, 0.3) is 0 Å². The number of nitrogens with zero attached hydrogens (tertiary/aromatic N) is 2. The number of hydrogen-bond donors (Lipinski definition) is 1. The molecule has 3 aromatic carbocycles. The van der Waals surface area contributed by atoms with E-state index >= 15 is 0 Å². The van der Waals surface area contributed by atoms with Crippen LogP contribution >= 0.6 is 0 Å². The predicted molar refractivity (Wildman–Crippen MR) is 147 cm³/mol. The van der Waals surface area contributed by atoms with Crippen molar-refractivity contribution < 1.29 is 63.0 Å². The van der Waals surface area contributed by atoms with Gasteiger partial charge >= 0.3 is 12.1 Å². The Labute approximate surface area is 262 Å². The van der Waals surface area contributed by atoms with Gasteiger partial charge in [-0.2, -0.15) is 17.5 Å². The minimum atomic E-state index is -5.93. The molecule has 0 radical (unpaired) electrons. The highest BCUT2D eigenvalue weighted by atomic mass is 32.2. The van der Waals surface area contributed by atoms with Crippen molar-refractivity contribution in [2.45, 2.75) is 61.9 Å². The van der Waals surface area contributed by atoms with Crippen molar-refractivity contribution in [3.05, 3.63) is 88.2 Å². The number of carbonyl (C=O) groups excluding carboxylic acids is 1. The Morgan fingerprint density at radius 3 is 2.00 bits per heavy atom. The minimum absolute atomic E-state index is 0.0131. The number of alkyl halides is 3. The van der Waals surface area contributed by atoms with Crippen LogP contribution in [0.2, 0.25) is 0 Å². The van der Waals surface area contributed by atoms with E-state index in [4.69, 9.17) is 4.74 Å². The number of carboxylic acid groups (broad SMARTS) is 1. The van der Waals surface area contributed by atoms with E-state index in [1.807, 2.05) is 0 Å². The fraction of sp³-hybridized carbons (Fsp3) is 0.333. The van der Waals surface area contributed by atoms with E-state index in [9.17, 15) is 58.2 Å². The predicted octanol–water partition coefficient (Wildman–Crippen LogP) is 6.42. The molecular formula is C30H24F8N2O6S. The Kier molecular flexibility index (Phi) is 9.25. The normalized spacial score (nSPS) is 15.4. The zero-order valence-electron chi connectivity index (χ0n) is 24.0. The molecule has 17 heteroatoms. The van der Waals surface area contributed by atoms with Crippen molar-refractivity contribution in [2.75, 3.05) is 11.4 Å². The summed E-state index contributed by atoms with van der Waals surface area (Å²) < 4.78 is 146. The zero-order chi connectivity index (χ0) is 34.4. The van der Waals surface area contributed by atoms with Crippen LogP contribution in [0.4, 0.5) is 40.8 Å². The Morgan fingerprint density at radius 1 is 0.872 bits per heavy atom. The summed E-state index contributed by atoms with van der Waals surface area (Å²) >= 11 is 0. The van der Waals surface area contributed by atoms with Gasteiger partial charge in [0.1, 0.15) is 5.75 Å². The molecule has 0 heterocycles. The molecule has 2 saturated carbocycles. The monoisotopic (exact) mass is 692 g/mol. The number of amides is 1. The number of anilines is 1. The van der Waals surface area contributed by atoms with Crippen molar-refractivity contribution in [1.29, 1.82) is 0 Å². The van der Waals surface area contributed by atoms with E-state index in [2.05, 4.69) is 0 Å². The molecule has 1 N–H and O–H groups in total. The van der Waals surface area contributed by atoms with E-state index in [0.717, 1.165) is 35.2 Å². The Balaban J connectivity index is 1.63. The standard InChI is InChI=1S/C30H24F8N2O6S/c31-23-24(32)26(34)28(27(35)25(23)33)47(44,45)39(13-16-4-1-2-7-19(16)30(36,37)38)14-22(41)40(17-5-3-6-17)20-11-8-15(29(42)43)12-21(20)46-18-9-10-18/h1-2,4,7-8,11-12,17-18H,3,5-6,9-10,13-14H2,(H,42,43). The first kappa shape index (κ1) is 34.1. The van der Waals surface area contributed by atoms with Gasteiger partial charge in [0.05, 0.1) is 29.5 Å². The van der Waals surface area contributed by atoms with E-state index in [-0.39, 0.29) is 27.4 Å². The molecule has 0 spiro atoms. The first-order chi connectivity index (χ1) is 22.0. The summed E-state index contributed by atoms with van der Waals surface area (Å²) in [5.41, 5.74) is -2.41. The average molecular weight is 693 g/mol. The van der Waals surface area contributed by atoms with Crippen LogP contribution in [0.3, 0.4) is 0 Å². The fourth-order valence-electron chi connectivity index (χ4n) is 5.00. The second-order valence-corrected chi connectivity index (χ2v) is 12.9. The Bertz CT molecular complexity index is 1820. The highest BCUT2D eigenvalue weighted by Crippen LogP contribution is 2.40. The van der Waals surface area contributed by atoms with Crippen molar-refractivity contribution in [2.24, 2.45) is 0 Å². The van der Waals surface area contributed by atoms with Crippen molar-refractivity contribution in [1.82, 2.24) is 4.31 Å². The number of hydrogen-bond acceptors (Lipinski definition) is 5. The lowest BCUT2D eigenvalue weighted by molar-refractivity contribution is -0.138. The third-order valence-electron chi connectivity index (χ3n) is 7.74. The van der Waals surface area contributed by atoms with Crippen LogP contribution in [-0.4, -0.2) is 48.4 Å². The van der Waals surface area contributed by atoms with Crippen LogP contribution < -0.4 is 9.64 Å². The quantitative estimate of drug-likeness (QED) is 0.142. The molecule has 0 aromatic heterocycles. The van der Waals surface area contributed by atoms with E-state index in [1.54, 1.807) is 0 Å². The Hall–Kier alpha value is -4.25. The van der Waals surface area contributed by atoms with Crippen LogP contribution in [0, 0.1) is 29.1 Å². The van der Waals surface area contributed by atoms with E-state index < -0.39 is 92.3 Å². The van der Waals surface area contributed by atoms with Gasteiger partial charge in [0.2, 0.25) is 21.7 Å². The summed E-state index contributed by atoms with van der Waals surface area (Å²) in [6, 6.07) is 6.32. The van der Waals surface area contributed by atoms with Crippen molar-refractivity contribution >= 4 is 27.6 Å². The lowest BCUT2D eigenvalue weighted by Crippen LogP contribution is -2.50. The molecule has 0 saturated heterocycles. The smallest absolute Gasteiger partial charge is 0.416 e. The maximum atomic E-state index is 14.8. The van der Waals surface area contributed by atoms with Crippen LogP contribution in [-0.2, 0) is 27.5 Å². The van der Waals surface area contributed by atoms with Crippen LogP contribution in [0.5, 0.6) is 5.75 Å². The van der Waals surface area contributed by atoms with Gasteiger partial charge in [0, 0.05) is 12.6 Å². The molecular weight excluding hydrogens is 668 g/mol. The minimum Gasteiger partial charge on any atom is -0.488 e. The molecule has 3 aromatic rings. The number of benzene rings is 3. The summed E-state index contributed by atoms with van der Waals surface area (Å²) in [6.45, 7) is -2.79. The van der Waals surface area contributed by atoms with Gasteiger partial charge in [-0.15, -0.1) is 0 Å². The van der Waals surface area contributed by atoms with Crippen LogP contribution in [0.1, 0.15) is 53.6 Å². The number of carboxylic acids is 1. The third-order valence-corrected chi connectivity index (χ3v) is 9.55. The van der Waals surface area contributed by atoms with Gasteiger partial charge < -0.3 is 14.7 Å². The molecule has 2 aliphatic carbocycles. The summed E-state index contributed by atoms with van der Waals surface area (Å²) in [7, 11) is -5.93. The second kappa shape index (κ2) is 12.7. The summed E-state index contributed by atoms with van der Waals surface area (Å²) in [5.74, 6) is -16.0. The molecule has 0 atom stereocenters. The summed E-state index contributed by atoms with van der Waals surface area (Å²) in [6.07, 6.45) is -2.85. The van der Waals surface area contributed by atoms with Gasteiger partial charge in [-0.25, -0.2) is 35.2 Å². The van der Waals surface area contributed by atoms with Gasteiger partial charge in [-0.3, -0.25) is 4.79 Å². The molecule has 5 rings (SSSR count). The average Bonchev–Trinajstić information content (AvgIpc) is 3.80.